The summed E-state index contributed by atoms with van der Waals surface area (Å²) in [7, 11) is -3.59. The Bertz CT molecular complexity index is 866. The Morgan fingerprint density at radius 2 is 1.45 bits per heavy atom. The van der Waals surface area contributed by atoms with Crippen molar-refractivity contribution in [1.29, 1.82) is 0 Å². The lowest BCUT2D eigenvalue weighted by atomic mass is 10.1. The van der Waals surface area contributed by atoms with Gasteiger partial charge in [-0.25, -0.2) is 8.42 Å². The first-order valence-corrected chi connectivity index (χ1v) is 11.6. The van der Waals surface area contributed by atoms with E-state index < -0.39 is 10.0 Å². The number of nitrogens with zero attached hydrogens (tertiary/aromatic N) is 1. The van der Waals surface area contributed by atoms with E-state index in [0.29, 0.717) is 25.2 Å². The number of hydrogen-bond donors (Lipinski definition) is 1. The Morgan fingerprint density at radius 3 is 1.97 bits per heavy atom. The van der Waals surface area contributed by atoms with Crippen LogP contribution in [0.1, 0.15) is 43.6 Å². The molecule has 2 rings (SSSR count). The molecule has 0 aliphatic carbocycles. The van der Waals surface area contributed by atoms with Gasteiger partial charge < -0.3 is 5.32 Å². The fourth-order valence-electron chi connectivity index (χ4n) is 3.08. The van der Waals surface area contributed by atoms with Crippen molar-refractivity contribution in [3.05, 3.63) is 65.7 Å². The van der Waals surface area contributed by atoms with Gasteiger partial charge in [0, 0.05) is 25.2 Å². The number of nitrogens with one attached hydrogen (secondary N) is 1. The van der Waals surface area contributed by atoms with Crippen LogP contribution in [0.4, 0.5) is 0 Å². The van der Waals surface area contributed by atoms with Gasteiger partial charge in [-0.1, -0.05) is 58.0 Å². The van der Waals surface area contributed by atoms with Crippen LogP contribution in [-0.4, -0.2) is 38.3 Å². The van der Waals surface area contributed by atoms with Gasteiger partial charge in [-0.3, -0.25) is 4.79 Å². The molecule has 1 N–H and O–H groups in total. The molecule has 158 valence electrons. The van der Waals surface area contributed by atoms with Crippen LogP contribution in [0.5, 0.6) is 0 Å². The normalized spacial score (nSPS) is 12.0. The molecule has 0 atom stereocenters. The van der Waals surface area contributed by atoms with Gasteiger partial charge in [0.1, 0.15) is 0 Å². The highest BCUT2D eigenvalue weighted by Gasteiger charge is 2.26. The van der Waals surface area contributed by atoms with Crippen molar-refractivity contribution in [2.45, 2.75) is 39.0 Å². The molecule has 0 aliphatic rings. The molecule has 0 bridgehead atoms. The van der Waals surface area contributed by atoms with Crippen molar-refractivity contribution < 1.29 is 13.2 Å². The number of sulfonamides is 1. The Labute approximate surface area is 175 Å². The molecule has 2 aromatic rings. The smallest absolute Gasteiger partial charge is 0.251 e. The van der Waals surface area contributed by atoms with E-state index in [-0.39, 0.29) is 22.6 Å². The maximum Gasteiger partial charge on any atom is 0.251 e. The Morgan fingerprint density at radius 1 is 0.897 bits per heavy atom. The van der Waals surface area contributed by atoms with Gasteiger partial charge in [-0.05, 0) is 48.1 Å². The molecule has 29 heavy (non-hydrogen) atoms. The standard InChI is InChI=1S/C23H32N2O3S/c1-18(2)16-25(17-19(3)4)29(27,28)22-12-10-21(11-13-22)23(26)24-15-14-20-8-6-5-7-9-20/h5-13,18-19H,14-17H2,1-4H3,(H,24,26). The van der Waals surface area contributed by atoms with E-state index in [1.807, 2.05) is 58.0 Å². The van der Waals surface area contributed by atoms with Gasteiger partial charge in [0.25, 0.3) is 5.91 Å². The largest absolute Gasteiger partial charge is 0.352 e. The summed E-state index contributed by atoms with van der Waals surface area (Å²) in [4.78, 5) is 12.6. The van der Waals surface area contributed by atoms with Gasteiger partial charge in [-0.2, -0.15) is 4.31 Å². The van der Waals surface area contributed by atoms with Crippen LogP contribution >= 0.6 is 0 Å². The summed E-state index contributed by atoms with van der Waals surface area (Å²) in [6.07, 6.45) is 0.748. The van der Waals surface area contributed by atoms with Crippen LogP contribution in [0.25, 0.3) is 0 Å². The minimum absolute atomic E-state index is 0.203. The molecular formula is C23H32N2O3S. The number of carbonyl (C=O) groups is 1. The van der Waals surface area contributed by atoms with E-state index in [9.17, 15) is 13.2 Å². The molecule has 2 aromatic carbocycles. The average molecular weight is 417 g/mol. The lowest BCUT2D eigenvalue weighted by Crippen LogP contribution is -2.37. The van der Waals surface area contributed by atoms with E-state index in [1.54, 1.807) is 12.1 Å². The van der Waals surface area contributed by atoms with E-state index in [0.717, 1.165) is 12.0 Å². The van der Waals surface area contributed by atoms with Crippen LogP contribution in [0.2, 0.25) is 0 Å². The Hall–Kier alpha value is -2.18. The summed E-state index contributed by atoms with van der Waals surface area (Å²) in [6, 6.07) is 16.1. The van der Waals surface area contributed by atoms with Crippen molar-refractivity contribution in [2.75, 3.05) is 19.6 Å². The molecule has 0 radical (unpaired) electrons. The van der Waals surface area contributed by atoms with Crippen LogP contribution in [-0.2, 0) is 16.4 Å². The second-order valence-electron chi connectivity index (χ2n) is 8.13. The summed E-state index contributed by atoms with van der Waals surface area (Å²) in [5, 5.41) is 2.88. The van der Waals surface area contributed by atoms with Crippen molar-refractivity contribution >= 4 is 15.9 Å². The number of benzene rings is 2. The lowest BCUT2D eigenvalue weighted by molar-refractivity contribution is 0.0954. The molecule has 0 unspecified atom stereocenters. The van der Waals surface area contributed by atoms with Crippen molar-refractivity contribution in [2.24, 2.45) is 11.8 Å². The quantitative estimate of drug-likeness (QED) is 0.637. The van der Waals surface area contributed by atoms with E-state index in [2.05, 4.69) is 5.32 Å². The van der Waals surface area contributed by atoms with Crippen LogP contribution < -0.4 is 5.32 Å². The Kier molecular flexibility index (Phi) is 8.41. The summed E-state index contributed by atoms with van der Waals surface area (Å²) in [6.45, 7) is 9.50. The Balaban J connectivity index is 2.04. The molecule has 1 amide bonds. The zero-order chi connectivity index (χ0) is 21.4. The molecule has 0 saturated heterocycles. The minimum Gasteiger partial charge on any atom is -0.352 e. The summed E-state index contributed by atoms with van der Waals surface area (Å²) < 4.78 is 27.6. The number of rotatable bonds is 10. The molecule has 5 nitrogen and oxygen atoms in total. The summed E-state index contributed by atoms with van der Waals surface area (Å²) in [5.41, 5.74) is 1.61. The molecule has 6 heteroatoms. The highest BCUT2D eigenvalue weighted by Crippen LogP contribution is 2.19. The fourth-order valence-corrected chi connectivity index (χ4v) is 4.85. The van der Waals surface area contributed by atoms with E-state index in [4.69, 9.17) is 0 Å². The molecule has 0 saturated carbocycles. The van der Waals surface area contributed by atoms with Crippen molar-refractivity contribution in [1.82, 2.24) is 9.62 Å². The second kappa shape index (κ2) is 10.6. The van der Waals surface area contributed by atoms with E-state index in [1.165, 1.54) is 16.4 Å². The van der Waals surface area contributed by atoms with Gasteiger partial charge in [0.05, 0.1) is 4.90 Å². The highest BCUT2D eigenvalue weighted by atomic mass is 32.2. The maximum absolute atomic E-state index is 13.0. The number of amides is 1. The van der Waals surface area contributed by atoms with Crippen LogP contribution in [0, 0.1) is 11.8 Å². The third-order valence-corrected chi connectivity index (χ3v) is 6.28. The molecule has 0 aliphatic heterocycles. The predicted molar refractivity (Wildman–Crippen MR) is 117 cm³/mol. The van der Waals surface area contributed by atoms with Gasteiger partial charge in [0.15, 0.2) is 0 Å². The SMILES string of the molecule is CC(C)CN(CC(C)C)S(=O)(=O)c1ccc(C(=O)NCCc2ccccc2)cc1. The first-order valence-electron chi connectivity index (χ1n) is 10.1. The topological polar surface area (TPSA) is 66.5 Å². The third-order valence-electron chi connectivity index (χ3n) is 4.43. The second-order valence-corrected chi connectivity index (χ2v) is 10.1. The van der Waals surface area contributed by atoms with Gasteiger partial charge in [-0.15, -0.1) is 0 Å². The zero-order valence-electron chi connectivity index (χ0n) is 17.8. The predicted octanol–water partition coefficient (Wildman–Crippen LogP) is 3.96. The fraction of sp³-hybridized carbons (Fsp3) is 0.435. The van der Waals surface area contributed by atoms with Gasteiger partial charge in [0.2, 0.25) is 10.0 Å². The zero-order valence-corrected chi connectivity index (χ0v) is 18.6. The number of hydrogen-bond acceptors (Lipinski definition) is 3. The monoisotopic (exact) mass is 416 g/mol. The number of carbonyl (C=O) groups excluding carboxylic acids is 1. The molecule has 0 aromatic heterocycles. The van der Waals surface area contributed by atoms with Gasteiger partial charge >= 0.3 is 0 Å². The van der Waals surface area contributed by atoms with E-state index >= 15 is 0 Å². The average Bonchev–Trinajstić information content (AvgIpc) is 2.67. The van der Waals surface area contributed by atoms with Crippen LogP contribution in [0.15, 0.2) is 59.5 Å². The highest BCUT2D eigenvalue weighted by molar-refractivity contribution is 7.89. The minimum atomic E-state index is -3.59. The maximum atomic E-state index is 13.0. The molecule has 0 heterocycles. The summed E-state index contributed by atoms with van der Waals surface area (Å²) in [5.74, 6) is 0.266. The molecule has 0 fully saturated rings. The molecule has 0 spiro atoms. The summed E-state index contributed by atoms with van der Waals surface area (Å²) >= 11 is 0. The van der Waals surface area contributed by atoms with Crippen molar-refractivity contribution in [3.63, 3.8) is 0 Å². The van der Waals surface area contributed by atoms with Crippen molar-refractivity contribution in [3.8, 4) is 0 Å². The lowest BCUT2D eigenvalue weighted by Gasteiger charge is -2.25. The molecular weight excluding hydrogens is 384 g/mol. The van der Waals surface area contributed by atoms with Crippen LogP contribution in [0.3, 0.4) is 0 Å². The first-order chi connectivity index (χ1) is 13.7. The first kappa shape index (κ1) is 23.1. The third kappa shape index (κ3) is 6.98.